The number of amides is 2. The first kappa shape index (κ1) is 15.4. The van der Waals surface area contributed by atoms with Crippen molar-refractivity contribution in [2.75, 3.05) is 13.6 Å². The molecule has 4 nitrogen and oxygen atoms in total. The van der Waals surface area contributed by atoms with Gasteiger partial charge in [0.2, 0.25) is 5.91 Å². The molecule has 0 radical (unpaired) electrons. The highest BCUT2D eigenvalue weighted by Gasteiger charge is 2.53. The minimum atomic E-state index is -0.0984. The number of benzene rings is 1. The van der Waals surface area contributed by atoms with E-state index in [0.717, 1.165) is 12.8 Å². The average molecular weight is 340 g/mol. The van der Waals surface area contributed by atoms with Gasteiger partial charge in [-0.1, -0.05) is 30.3 Å². The zero-order valence-corrected chi connectivity index (χ0v) is 14.4. The lowest BCUT2D eigenvalue weighted by molar-refractivity contribution is -0.121. The molecule has 4 rings (SSSR count). The Balaban J connectivity index is 1.36. The summed E-state index contributed by atoms with van der Waals surface area (Å²) >= 11 is 1.40. The fourth-order valence-electron chi connectivity index (χ4n) is 3.87. The molecule has 3 unspecified atom stereocenters. The van der Waals surface area contributed by atoms with Crippen LogP contribution in [0.1, 0.15) is 33.1 Å². The Labute approximate surface area is 145 Å². The van der Waals surface area contributed by atoms with Crippen molar-refractivity contribution in [1.82, 2.24) is 10.2 Å². The minimum absolute atomic E-state index is 0.0701. The molecular weight excluding hydrogens is 320 g/mol. The van der Waals surface area contributed by atoms with E-state index in [9.17, 15) is 9.59 Å². The number of thiophene rings is 1. The van der Waals surface area contributed by atoms with E-state index in [0.29, 0.717) is 16.7 Å². The van der Waals surface area contributed by atoms with Crippen LogP contribution in [0.3, 0.4) is 0 Å². The largest absolute Gasteiger partial charge is 0.351 e. The van der Waals surface area contributed by atoms with Crippen LogP contribution in [-0.4, -0.2) is 36.3 Å². The highest BCUT2D eigenvalue weighted by molar-refractivity contribution is 7.12. The van der Waals surface area contributed by atoms with Gasteiger partial charge in [0.15, 0.2) is 0 Å². The summed E-state index contributed by atoms with van der Waals surface area (Å²) in [7, 11) is 1.68. The summed E-state index contributed by atoms with van der Waals surface area (Å²) in [6.45, 7) is 0.105. The summed E-state index contributed by atoms with van der Waals surface area (Å²) in [5.41, 5.74) is 2.81. The molecule has 1 fully saturated rings. The highest BCUT2D eigenvalue weighted by atomic mass is 32.1. The van der Waals surface area contributed by atoms with E-state index in [2.05, 4.69) is 29.6 Å². The Bertz CT molecular complexity index is 771. The Kier molecular flexibility index (Phi) is 3.88. The van der Waals surface area contributed by atoms with Crippen molar-refractivity contribution in [3.8, 4) is 0 Å². The Hall–Kier alpha value is -2.14. The summed E-state index contributed by atoms with van der Waals surface area (Å²) in [6.07, 6.45) is 2.23. The second-order valence-corrected chi connectivity index (χ2v) is 7.61. The first-order chi connectivity index (χ1) is 11.6. The molecule has 3 atom stereocenters. The second kappa shape index (κ2) is 6.06. The SMILES string of the molecule is CN(CC(=O)NC1C2CCc3ccccc3C21)C(=O)c1cccs1. The van der Waals surface area contributed by atoms with Crippen LogP contribution in [0.4, 0.5) is 0 Å². The molecule has 1 saturated carbocycles. The summed E-state index contributed by atoms with van der Waals surface area (Å²) in [6, 6.07) is 12.4. The third-order valence-corrected chi connectivity index (χ3v) is 5.97. The van der Waals surface area contributed by atoms with Gasteiger partial charge in [-0.3, -0.25) is 9.59 Å². The van der Waals surface area contributed by atoms with Crippen LogP contribution in [0.2, 0.25) is 0 Å². The molecule has 24 heavy (non-hydrogen) atoms. The number of rotatable bonds is 4. The number of hydrogen-bond donors (Lipinski definition) is 1. The van der Waals surface area contributed by atoms with Gasteiger partial charge in [-0.2, -0.15) is 0 Å². The molecule has 1 aromatic carbocycles. The van der Waals surface area contributed by atoms with Gasteiger partial charge in [0.25, 0.3) is 5.91 Å². The van der Waals surface area contributed by atoms with Crippen LogP contribution in [0.25, 0.3) is 0 Å². The van der Waals surface area contributed by atoms with Crippen LogP contribution < -0.4 is 5.32 Å². The molecule has 0 saturated heterocycles. The summed E-state index contributed by atoms with van der Waals surface area (Å²) in [5, 5.41) is 5.01. The molecule has 1 heterocycles. The van der Waals surface area contributed by atoms with Crippen molar-refractivity contribution in [2.45, 2.75) is 24.8 Å². The molecule has 2 aliphatic carbocycles. The smallest absolute Gasteiger partial charge is 0.264 e. The van der Waals surface area contributed by atoms with Crippen molar-refractivity contribution in [1.29, 1.82) is 0 Å². The van der Waals surface area contributed by atoms with Crippen molar-refractivity contribution < 1.29 is 9.59 Å². The number of fused-ring (bicyclic) bond motifs is 3. The maximum atomic E-state index is 12.3. The van der Waals surface area contributed by atoms with E-state index in [-0.39, 0.29) is 24.4 Å². The Morgan fingerprint density at radius 3 is 2.88 bits per heavy atom. The molecule has 124 valence electrons. The van der Waals surface area contributed by atoms with Gasteiger partial charge >= 0.3 is 0 Å². The van der Waals surface area contributed by atoms with Gasteiger partial charge in [-0.05, 0) is 41.3 Å². The standard InChI is InChI=1S/C19H20N2O2S/c1-21(19(23)15-7-4-10-24-15)11-16(22)20-18-14-9-8-12-5-2-3-6-13(12)17(14)18/h2-7,10,14,17-18H,8-9,11H2,1H3,(H,20,22). The number of carbonyl (C=O) groups is 2. The lowest BCUT2D eigenvalue weighted by Crippen LogP contribution is -2.39. The molecule has 2 aliphatic rings. The lowest BCUT2D eigenvalue weighted by atomic mass is 9.92. The molecule has 5 heteroatoms. The Morgan fingerprint density at radius 2 is 2.08 bits per heavy atom. The number of nitrogens with zero attached hydrogens (tertiary/aromatic N) is 1. The monoisotopic (exact) mass is 340 g/mol. The topological polar surface area (TPSA) is 49.4 Å². The molecule has 0 aliphatic heterocycles. The van der Waals surface area contributed by atoms with E-state index in [1.54, 1.807) is 13.1 Å². The molecule has 2 amide bonds. The maximum Gasteiger partial charge on any atom is 0.264 e. The van der Waals surface area contributed by atoms with Crippen molar-refractivity contribution in [2.24, 2.45) is 5.92 Å². The molecule has 0 bridgehead atoms. The van der Waals surface area contributed by atoms with Crippen LogP contribution in [0.5, 0.6) is 0 Å². The molecular formula is C19H20N2O2S. The number of carbonyl (C=O) groups excluding carboxylic acids is 2. The fraction of sp³-hybridized carbons (Fsp3) is 0.368. The predicted octanol–water partition coefficient (Wildman–Crippen LogP) is 2.66. The van der Waals surface area contributed by atoms with Crippen LogP contribution in [0.15, 0.2) is 41.8 Å². The third kappa shape index (κ3) is 2.73. The quantitative estimate of drug-likeness (QED) is 0.930. The average Bonchev–Trinajstić information content (AvgIpc) is 3.03. The third-order valence-electron chi connectivity index (χ3n) is 5.12. The molecule has 0 spiro atoms. The van der Waals surface area contributed by atoms with Gasteiger partial charge in [-0.15, -0.1) is 11.3 Å². The predicted molar refractivity (Wildman–Crippen MR) is 94.2 cm³/mol. The van der Waals surface area contributed by atoms with Crippen molar-refractivity contribution >= 4 is 23.2 Å². The first-order valence-corrected chi connectivity index (χ1v) is 9.19. The van der Waals surface area contributed by atoms with Crippen molar-refractivity contribution in [3.63, 3.8) is 0 Å². The van der Waals surface area contributed by atoms with Gasteiger partial charge in [-0.25, -0.2) is 0 Å². The van der Waals surface area contributed by atoms with Crippen LogP contribution in [-0.2, 0) is 11.2 Å². The second-order valence-electron chi connectivity index (χ2n) is 6.66. The number of aryl methyl sites for hydroxylation is 1. The fourth-order valence-corrected chi connectivity index (χ4v) is 4.59. The number of hydrogen-bond acceptors (Lipinski definition) is 3. The summed E-state index contributed by atoms with van der Waals surface area (Å²) in [4.78, 5) is 26.7. The van der Waals surface area contributed by atoms with Crippen LogP contribution in [0, 0.1) is 5.92 Å². The number of likely N-dealkylation sites (N-methyl/N-ethyl adjacent to an activating group) is 1. The molecule has 2 aromatic rings. The molecule has 1 aromatic heterocycles. The minimum Gasteiger partial charge on any atom is -0.351 e. The highest BCUT2D eigenvalue weighted by Crippen LogP contribution is 2.54. The molecule has 1 N–H and O–H groups in total. The van der Waals surface area contributed by atoms with E-state index in [4.69, 9.17) is 0 Å². The van der Waals surface area contributed by atoms with Crippen LogP contribution >= 0.6 is 11.3 Å². The van der Waals surface area contributed by atoms with Gasteiger partial charge in [0.05, 0.1) is 11.4 Å². The van der Waals surface area contributed by atoms with E-state index < -0.39 is 0 Å². The van der Waals surface area contributed by atoms with Gasteiger partial charge in [0.1, 0.15) is 0 Å². The first-order valence-electron chi connectivity index (χ1n) is 8.31. The number of nitrogens with one attached hydrogen (secondary N) is 1. The zero-order valence-electron chi connectivity index (χ0n) is 13.6. The maximum absolute atomic E-state index is 12.3. The zero-order chi connectivity index (χ0) is 16.7. The van der Waals surface area contributed by atoms with Gasteiger partial charge in [0, 0.05) is 19.0 Å². The lowest BCUT2D eigenvalue weighted by Gasteiger charge is -2.16. The van der Waals surface area contributed by atoms with E-state index in [1.165, 1.54) is 27.4 Å². The van der Waals surface area contributed by atoms with E-state index >= 15 is 0 Å². The van der Waals surface area contributed by atoms with E-state index in [1.807, 2.05) is 11.4 Å². The Morgan fingerprint density at radius 1 is 1.25 bits per heavy atom. The van der Waals surface area contributed by atoms with Gasteiger partial charge < -0.3 is 10.2 Å². The summed E-state index contributed by atoms with van der Waals surface area (Å²) in [5.74, 6) is 0.845. The van der Waals surface area contributed by atoms with Crippen molar-refractivity contribution in [3.05, 3.63) is 57.8 Å². The normalized spacial score (nSPS) is 23.8. The summed E-state index contributed by atoms with van der Waals surface area (Å²) < 4.78 is 0.